The summed E-state index contributed by atoms with van der Waals surface area (Å²) in [5, 5.41) is 15.2. The number of amides is 2. The van der Waals surface area contributed by atoms with E-state index < -0.39 is 22.9 Å². The first-order valence-electron chi connectivity index (χ1n) is 11.7. The van der Waals surface area contributed by atoms with Crippen molar-refractivity contribution in [1.29, 1.82) is 0 Å². The summed E-state index contributed by atoms with van der Waals surface area (Å²) in [6, 6.07) is 21.3. The first kappa shape index (κ1) is 26.8. The Morgan fingerprint density at radius 3 is 2.05 bits per heavy atom. The van der Waals surface area contributed by atoms with Gasteiger partial charge in [0.05, 0.1) is 5.92 Å². The fraction of sp³-hybridized carbons (Fsp3) is 0.231. The molecular weight excluding hydrogens is 474 g/mol. The van der Waals surface area contributed by atoms with Gasteiger partial charge >= 0.3 is 0 Å². The van der Waals surface area contributed by atoms with E-state index in [9.17, 15) is 19.7 Å². The van der Waals surface area contributed by atoms with Gasteiger partial charge < -0.3 is 21.7 Å². The van der Waals surface area contributed by atoms with Crippen LogP contribution in [0.4, 0.5) is 0 Å². The van der Waals surface area contributed by atoms with Crippen LogP contribution in [0.15, 0.2) is 90.3 Å². The summed E-state index contributed by atoms with van der Waals surface area (Å²) >= 11 is 0. The van der Waals surface area contributed by atoms with E-state index >= 15 is 0 Å². The highest BCUT2D eigenvalue weighted by atomic mass is 16.7. The molecule has 37 heavy (non-hydrogen) atoms. The zero-order chi connectivity index (χ0) is 26.6. The third-order valence-corrected chi connectivity index (χ3v) is 5.75. The molecule has 3 rings (SSSR count). The van der Waals surface area contributed by atoms with Crippen LogP contribution >= 0.6 is 0 Å². The molecule has 2 aromatic carbocycles. The van der Waals surface area contributed by atoms with Crippen LogP contribution in [0.1, 0.15) is 35.4 Å². The van der Waals surface area contributed by atoms with Crippen molar-refractivity contribution in [3.05, 3.63) is 112 Å². The lowest BCUT2D eigenvalue weighted by Gasteiger charge is -2.33. The lowest BCUT2D eigenvalue weighted by atomic mass is 9.89. The second-order valence-corrected chi connectivity index (χ2v) is 8.29. The second-order valence-electron chi connectivity index (χ2n) is 8.29. The van der Waals surface area contributed by atoms with Crippen LogP contribution in [-0.2, 0) is 16.1 Å². The number of pyridine rings is 1. The molecule has 3 aromatic rings. The number of carbonyl (C=O) groups is 2. The normalized spacial score (nSPS) is 12.1. The minimum absolute atomic E-state index is 0.142. The highest BCUT2D eigenvalue weighted by Gasteiger charge is 2.34. The van der Waals surface area contributed by atoms with Crippen molar-refractivity contribution in [3.8, 4) is 0 Å². The summed E-state index contributed by atoms with van der Waals surface area (Å²) in [5.41, 5.74) is 13.6. The fourth-order valence-electron chi connectivity index (χ4n) is 4.05. The van der Waals surface area contributed by atoms with Gasteiger partial charge in [0.15, 0.2) is 5.03 Å². The zero-order valence-corrected chi connectivity index (χ0v) is 20.1. The summed E-state index contributed by atoms with van der Waals surface area (Å²) < 4.78 is 0. The Bertz CT molecular complexity index is 1170. The van der Waals surface area contributed by atoms with Gasteiger partial charge in [-0.15, -0.1) is 0 Å². The summed E-state index contributed by atoms with van der Waals surface area (Å²) in [6.07, 6.45) is 3.79. The molecule has 1 aromatic heterocycles. The van der Waals surface area contributed by atoms with Crippen LogP contribution in [0, 0.1) is 10.1 Å². The number of benzene rings is 2. The number of hydrogen-bond donors (Lipinski definition) is 3. The lowest BCUT2D eigenvalue weighted by Crippen LogP contribution is -2.49. The van der Waals surface area contributed by atoms with Crippen LogP contribution in [0.3, 0.4) is 0 Å². The van der Waals surface area contributed by atoms with Gasteiger partial charge in [-0.05, 0) is 41.7 Å². The fourth-order valence-corrected chi connectivity index (χ4v) is 4.05. The molecule has 0 aliphatic carbocycles. The number of aromatic nitrogens is 1. The Kier molecular flexibility index (Phi) is 9.66. The Hall–Kier alpha value is -4.80. The minimum Gasteiger partial charge on any atom is -0.368 e. The number of guanidine groups is 1. The molecule has 0 saturated heterocycles. The number of rotatable bonds is 12. The number of primary amides is 1. The van der Waals surface area contributed by atoms with Gasteiger partial charge in [0.2, 0.25) is 11.8 Å². The van der Waals surface area contributed by atoms with Crippen LogP contribution in [0.5, 0.6) is 0 Å². The molecule has 2 amide bonds. The monoisotopic (exact) mass is 503 g/mol. The van der Waals surface area contributed by atoms with Crippen molar-refractivity contribution in [2.45, 2.75) is 31.3 Å². The third-order valence-electron chi connectivity index (χ3n) is 5.75. The van der Waals surface area contributed by atoms with Crippen molar-refractivity contribution in [1.82, 2.24) is 15.2 Å². The number of hydrogen-bond acceptors (Lipinski definition) is 5. The van der Waals surface area contributed by atoms with E-state index in [0.717, 1.165) is 16.7 Å². The van der Waals surface area contributed by atoms with Gasteiger partial charge in [-0.2, -0.15) is 0 Å². The standard InChI is InChI=1S/C26H29N7O4/c27-24(34)22(12-7-15-30-26(28)31-33(36)37)32(18-19-13-16-29-17-14-19)25(35)23(20-8-3-1-4-9-20)21-10-5-2-6-11-21/h1-6,8-11,13-14,16-17,22-23H,7,12,15,18H2,(H2,27,34)(H3,28,30,31)/t22-/m1/s1. The highest BCUT2D eigenvalue weighted by Crippen LogP contribution is 2.29. The van der Waals surface area contributed by atoms with Gasteiger partial charge in [-0.3, -0.25) is 14.6 Å². The molecule has 0 fully saturated rings. The smallest absolute Gasteiger partial charge is 0.266 e. The first-order chi connectivity index (χ1) is 17.9. The van der Waals surface area contributed by atoms with Crippen molar-refractivity contribution in [2.75, 3.05) is 6.54 Å². The Labute approximate surface area is 214 Å². The van der Waals surface area contributed by atoms with Gasteiger partial charge in [0, 0.05) is 25.5 Å². The summed E-state index contributed by atoms with van der Waals surface area (Å²) in [4.78, 5) is 42.9. The molecule has 0 spiro atoms. The molecule has 0 radical (unpaired) electrons. The molecule has 5 N–H and O–H groups in total. The van der Waals surface area contributed by atoms with E-state index in [1.165, 1.54) is 4.90 Å². The quantitative estimate of drug-likeness (QED) is 0.111. The topological polar surface area (TPSA) is 170 Å². The molecule has 0 saturated carbocycles. The summed E-state index contributed by atoms with van der Waals surface area (Å²) in [5.74, 6) is -1.94. The average molecular weight is 504 g/mol. The first-order valence-corrected chi connectivity index (χ1v) is 11.7. The van der Waals surface area contributed by atoms with Gasteiger partial charge in [-0.1, -0.05) is 60.7 Å². The molecular formula is C26H29N7O4. The van der Waals surface area contributed by atoms with Crippen LogP contribution in [-0.4, -0.2) is 45.3 Å². The van der Waals surface area contributed by atoms with Crippen LogP contribution in [0.25, 0.3) is 0 Å². The Morgan fingerprint density at radius 1 is 0.973 bits per heavy atom. The second kappa shape index (κ2) is 13.3. The SMILES string of the molecule is NC(=O)[C@@H](CCCNC(N)=N[N+](=O)[O-])N(Cc1ccncc1)C(=O)C(c1ccccc1)c1ccccc1. The molecule has 0 bridgehead atoms. The number of carbonyl (C=O) groups excluding carboxylic acids is 2. The molecule has 0 aliphatic heterocycles. The average Bonchev–Trinajstić information content (AvgIpc) is 2.89. The van der Waals surface area contributed by atoms with Crippen molar-refractivity contribution in [3.63, 3.8) is 0 Å². The zero-order valence-electron chi connectivity index (χ0n) is 20.1. The van der Waals surface area contributed by atoms with E-state index in [2.05, 4.69) is 15.4 Å². The van der Waals surface area contributed by atoms with Gasteiger partial charge in [-0.25, -0.2) is 10.1 Å². The Morgan fingerprint density at radius 2 is 1.54 bits per heavy atom. The number of hydrazone groups is 1. The van der Waals surface area contributed by atoms with E-state index in [4.69, 9.17) is 11.5 Å². The highest BCUT2D eigenvalue weighted by molar-refractivity contribution is 5.92. The summed E-state index contributed by atoms with van der Waals surface area (Å²) in [6.45, 7) is 0.342. The maximum absolute atomic E-state index is 14.2. The summed E-state index contributed by atoms with van der Waals surface area (Å²) in [7, 11) is 0. The van der Waals surface area contributed by atoms with E-state index in [0.29, 0.717) is 6.42 Å². The van der Waals surface area contributed by atoms with E-state index in [1.54, 1.807) is 24.5 Å². The van der Waals surface area contributed by atoms with E-state index in [1.807, 2.05) is 60.7 Å². The Balaban J connectivity index is 1.93. The maximum Gasteiger partial charge on any atom is 0.266 e. The van der Waals surface area contributed by atoms with Crippen molar-refractivity contribution < 1.29 is 14.6 Å². The van der Waals surface area contributed by atoms with Crippen molar-refractivity contribution in [2.24, 2.45) is 16.6 Å². The molecule has 1 heterocycles. The third kappa shape index (κ3) is 7.85. The lowest BCUT2D eigenvalue weighted by molar-refractivity contribution is -0.485. The van der Waals surface area contributed by atoms with E-state index in [-0.39, 0.29) is 31.4 Å². The molecule has 11 nitrogen and oxygen atoms in total. The van der Waals surface area contributed by atoms with Crippen molar-refractivity contribution >= 4 is 17.8 Å². The van der Waals surface area contributed by atoms with Gasteiger partial charge in [0.25, 0.3) is 5.96 Å². The molecule has 192 valence electrons. The minimum atomic E-state index is -0.939. The largest absolute Gasteiger partial charge is 0.368 e. The number of nitro groups is 1. The van der Waals surface area contributed by atoms with Crippen LogP contribution in [0.2, 0.25) is 0 Å². The predicted molar refractivity (Wildman–Crippen MR) is 138 cm³/mol. The molecule has 0 aliphatic rings. The number of nitrogens with one attached hydrogen (secondary N) is 1. The molecule has 11 heteroatoms. The van der Waals surface area contributed by atoms with Crippen LogP contribution < -0.4 is 16.8 Å². The number of nitrogens with two attached hydrogens (primary N) is 2. The predicted octanol–water partition coefficient (Wildman–Crippen LogP) is 1.97. The van der Waals surface area contributed by atoms with Gasteiger partial charge in [0.1, 0.15) is 11.1 Å². The number of nitrogens with zero attached hydrogens (tertiary/aromatic N) is 4. The maximum atomic E-state index is 14.2. The molecule has 1 atom stereocenters. The molecule has 0 unspecified atom stereocenters.